The molecule has 2 atom stereocenters. The van der Waals surface area contributed by atoms with Gasteiger partial charge in [-0.2, -0.15) is 0 Å². The molecule has 1 amide bonds. The number of hydrogen-bond donors (Lipinski definition) is 3. The number of nitrogens with one attached hydrogen (secondary N) is 3. The van der Waals surface area contributed by atoms with Crippen LogP contribution in [0.4, 0.5) is 0 Å². The van der Waals surface area contributed by atoms with Gasteiger partial charge in [0.05, 0.1) is 6.04 Å². The van der Waals surface area contributed by atoms with Crippen LogP contribution < -0.4 is 16.2 Å². The zero-order valence-corrected chi connectivity index (χ0v) is 12.2. The number of carbonyl (C=O) groups excluding carboxylic acids is 1. The normalized spacial score (nSPS) is 20.1. The second kappa shape index (κ2) is 7.38. The van der Waals surface area contributed by atoms with Crippen molar-refractivity contribution in [2.45, 2.75) is 32.0 Å². The van der Waals surface area contributed by atoms with E-state index in [-0.39, 0.29) is 11.9 Å². The summed E-state index contributed by atoms with van der Waals surface area (Å²) in [5.74, 6) is 0.0716. The van der Waals surface area contributed by atoms with Crippen molar-refractivity contribution < 1.29 is 4.79 Å². The van der Waals surface area contributed by atoms with Crippen molar-refractivity contribution in [2.24, 2.45) is 0 Å². The molecule has 5 heteroatoms. The van der Waals surface area contributed by atoms with Crippen LogP contribution in [-0.4, -0.2) is 43.0 Å². The molecule has 0 bridgehead atoms. The Hall–Kier alpha value is -1.43. The summed E-state index contributed by atoms with van der Waals surface area (Å²) in [6, 6.07) is 10.3. The number of hydrogen-bond acceptors (Lipinski definition) is 4. The Bertz CT molecular complexity index is 417. The lowest BCUT2D eigenvalue weighted by Crippen LogP contribution is -2.47. The Morgan fingerprint density at radius 3 is 2.85 bits per heavy atom. The SMILES string of the molecule is CC(C(=O)NCc1ccccc1)N(C)CC1CCNN1. The van der Waals surface area contributed by atoms with Gasteiger partial charge in [-0.15, -0.1) is 0 Å². The van der Waals surface area contributed by atoms with Crippen molar-refractivity contribution >= 4 is 5.91 Å². The van der Waals surface area contributed by atoms with Crippen molar-refractivity contribution in [3.63, 3.8) is 0 Å². The van der Waals surface area contributed by atoms with Gasteiger partial charge in [-0.05, 0) is 26.0 Å². The largest absolute Gasteiger partial charge is 0.351 e. The zero-order chi connectivity index (χ0) is 14.4. The van der Waals surface area contributed by atoms with Gasteiger partial charge in [0.25, 0.3) is 0 Å². The third-order valence-corrected chi connectivity index (χ3v) is 3.78. The van der Waals surface area contributed by atoms with Crippen LogP contribution in [0, 0.1) is 0 Å². The van der Waals surface area contributed by atoms with Crippen molar-refractivity contribution in [1.82, 2.24) is 21.1 Å². The maximum absolute atomic E-state index is 12.1. The lowest BCUT2D eigenvalue weighted by atomic mass is 10.2. The lowest BCUT2D eigenvalue weighted by molar-refractivity contribution is -0.125. The number of rotatable bonds is 6. The molecular formula is C15H24N4O. The van der Waals surface area contributed by atoms with Crippen molar-refractivity contribution in [2.75, 3.05) is 20.1 Å². The molecule has 1 aliphatic heterocycles. The van der Waals surface area contributed by atoms with E-state index in [0.717, 1.165) is 25.1 Å². The van der Waals surface area contributed by atoms with Crippen LogP contribution in [0.5, 0.6) is 0 Å². The van der Waals surface area contributed by atoms with E-state index < -0.39 is 0 Å². The third kappa shape index (κ3) is 4.30. The number of hydrazine groups is 1. The highest BCUT2D eigenvalue weighted by Crippen LogP contribution is 2.04. The molecule has 110 valence electrons. The van der Waals surface area contributed by atoms with Gasteiger partial charge in [0, 0.05) is 25.7 Å². The average Bonchev–Trinajstić information content (AvgIpc) is 2.98. The molecular weight excluding hydrogens is 252 g/mol. The van der Waals surface area contributed by atoms with E-state index in [1.165, 1.54) is 0 Å². The standard InChI is InChI=1S/C15H24N4O/c1-12(19(2)11-14-8-9-17-18-14)15(20)16-10-13-6-4-3-5-7-13/h3-7,12,14,17-18H,8-11H2,1-2H3,(H,16,20). The Balaban J connectivity index is 1.75. The molecule has 1 fully saturated rings. The van der Waals surface area contributed by atoms with E-state index in [1.54, 1.807) is 0 Å². The molecule has 3 N–H and O–H groups in total. The fourth-order valence-corrected chi connectivity index (χ4v) is 2.31. The van der Waals surface area contributed by atoms with Crippen molar-refractivity contribution in [1.29, 1.82) is 0 Å². The Morgan fingerprint density at radius 1 is 1.45 bits per heavy atom. The van der Waals surface area contributed by atoms with E-state index in [2.05, 4.69) is 21.1 Å². The summed E-state index contributed by atoms with van der Waals surface area (Å²) in [4.78, 5) is 14.2. The fourth-order valence-electron chi connectivity index (χ4n) is 2.31. The number of likely N-dealkylation sites (N-methyl/N-ethyl adjacent to an activating group) is 1. The molecule has 1 aromatic rings. The van der Waals surface area contributed by atoms with Gasteiger partial charge in [-0.1, -0.05) is 30.3 Å². The van der Waals surface area contributed by atoms with Gasteiger partial charge in [0.2, 0.25) is 5.91 Å². The number of carbonyl (C=O) groups is 1. The first-order valence-electron chi connectivity index (χ1n) is 7.17. The fraction of sp³-hybridized carbons (Fsp3) is 0.533. The van der Waals surface area contributed by atoms with Crippen LogP contribution in [-0.2, 0) is 11.3 Å². The minimum absolute atomic E-state index is 0.0716. The second-order valence-corrected chi connectivity index (χ2v) is 5.38. The van der Waals surface area contributed by atoms with Crippen molar-refractivity contribution in [3.8, 4) is 0 Å². The molecule has 1 heterocycles. The number of amides is 1. The minimum Gasteiger partial charge on any atom is -0.351 e. The summed E-state index contributed by atoms with van der Waals surface area (Å²) >= 11 is 0. The van der Waals surface area contributed by atoms with Crippen LogP contribution in [0.3, 0.4) is 0 Å². The highest BCUT2D eigenvalue weighted by molar-refractivity contribution is 5.81. The van der Waals surface area contributed by atoms with Gasteiger partial charge in [0.1, 0.15) is 0 Å². The van der Waals surface area contributed by atoms with Crippen LogP contribution in [0.15, 0.2) is 30.3 Å². The quantitative estimate of drug-likeness (QED) is 0.708. The highest BCUT2D eigenvalue weighted by Gasteiger charge is 2.22. The van der Waals surface area contributed by atoms with E-state index >= 15 is 0 Å². The summed E-state index contributed by atoms with van der Waals surface area (Å²) in [5, 5.41) is 2.99. The molecule has 0 spiro atoms. The first-order valence-corrected chi connectivity index (χ1v) is 7.17. The molecule has 20 heavy (non-hydrogen) atoms. The predicted octanol–water partition coefficient (Wildman–Crippen LogP) is 0.490. The Labute approximate surface area is 120 Å². The molecule has 0 aromatic heterocycles. The van der Waals surface area contributed by atoms with E-state index in [1.807, 2.05) is 44.3 Å². The molecule has 0 radical (unpaired) electrons. The molecule has 0 saturated carbocycles. The molecule has 1 saturated heterocycles. The maximum Gasteiger partial charge on any atom is 0.237 e. The van der Waals surface area contributed by atoms with Gasteiger partial charge in [-0.3, -0.25) is 20.5 Å². The number of benzene rings is 1. The van der Waals surface area contributed by atoms with E-state index in [9.17, 15) is 4.79 Å². The molecule has 2 unspecified atom stereocenters. The zero-order valence-electron chi connectivity index (χ0n) is 12.2. The first-order chi connectivity index (χ1) is 9.66. The van der Waals surface area contributed by atoms with E-state index in [4.69, 9.17) is 0 Å². The van der Waals surface area contributed by atoms with Crippen LogP contribution in [0.25, 0.3) is 0 Å². The first kappa shape index (κ1) is 15.0. The van der Waals surface area contributed by atoms with Crippen molar-refractivity contribution in [3.05, 3.63) is 35.9 Å². The van der Waals surface area contributed by atoms with Crippen LogP contribution in [0.1, 0.15) is 18.9 Å². The molecule has 1 aromatic carbocycles. The van der Waals surface area contributed by atoms with Gasteiger partial charge in [-0.25, -0.2) is 0 Å². The minimum atomic E-state index is -0.124. The lowest BCUT2D eigenvalue weighted by Gasteiger charge is -2.26. The summed E-state index contributed by atoms with van der Waals surface area (Å²) in [6.45, 7) is 4.39. The molecule has 1 aliphatic rings. The Kier molecular flexibility index (Phi) is 5.52. The number of nitrogens with zero attached hydrogens (tertiary/aromatic N) is 1. The summed E-state index contributed by atoms with van der Waals surface area (Å²) < 4.78 is 0. The van der Waals surface area contributed by atoms with Gasteiger partial charge >= 0.3 is 0 Å². The predicted molar refractivity (Wildman–Crippen MR) is 79.9 cm³/mol. The van der Waals surface area contributed by atoms with E-state index in [0.29, 0.717) is 12.6 Å². The summed E-state index contributed by atoms with van der Waals surface area (Å²) in [7, 11) is 1.99. The smallest absolute Gasteiger partial charge is 0.237 e. The van der Waals surface area contributed by atoms with Gasteiger partial charge < -0.3 is 5.32 Å². The van der Waals surface area contributed by atoms with Crippen LogP contribution >= 0.6 is 0 Å². The van der Waals surface area contributed by atoms with Gasteiger partial charge in [0.15, 0.2) is 0 Å². The second-order valence-electron chi connectivity index (χ2n) is 5.38. The Morgan fingerprint density at radius 2 is 2.20 bits per heavy atom. The average molecular weight is 276 g/mol. The maximum atomic E-state index is 12.1. The summed E-state index contributed by atoms with van der Waals surface area (Å²) in [6.07, 6.45) is 1.10. The molecule has 5 nitrogen and oxygen atoms in total. The monoisotopic (exact) mass is 276 g/mol. The molecule has 0 aliphatic carbocycles. The van der Waals surface area contributed by atoms with Crippen LogP contribution in [0.2, 0.25) is 0 Å². The third-order valence-electron chi connectivity index (χ3n) is 3.78. The molecule has 2 rings (SSSR count). The topological polar surface area (TPSA) is 56.4 Å². The summed E-state index contributed by atoms with van der Waals surface area (Å²) in [5.41, 5.74) is 7.45. The highest BCUT2D eigenvalue weighted by atomic mass is 16.2.